The number of carbonyl (C=O) groups is 2. The highest BCUT2D eigenvalue weighted by Crippen LogP contribution is 2.36. The molecule has 0 radical (unpaired) electrons. The number of hydrogen-bond acceptors (Lipinski definition) is 2. The van der Waals surface area contributed by atoms with E-state index in [1.54, 1.807) is 6.08 Å². The van der Waals surface area contributed by atoms with E-state index in [9.17, 15) is 14.7 Å². The van der Waals surface area contributed by atoms with Crippen LogP contribution in [0.3, 0.4) is 0 Å². The summed E-state index contributed by atoms with van der Waals surface area (Å²) in [5.41, 5.74) is 5.73. The van der Waals surface area contributed by atoms with Crippen LogP contribution in [0.1, 0.15) is 51.3 Å². The fraction of sp³-hybridized carbons (Fsp3) is 0.300. The topological polar surface area (TPSA) is 82.2 Å². The van der Waals surface area contributed by atoms with Crippen molar-refractivity contribution in [1.29, 1.82) is 0 Å². The molecule has 6 heteroatoms. The van der Waals surface area contributed by atoms with Gasteiger partial charge >= 0.3 is 5.97 Å². The Balaban J connectivity index is 1.83. The number of aromatic carboxylic acids is 1. The van der Waals surface area contributed by atoms with Gasteiger partial charge < -0.3 is 15.4 Å². The highest BCUT2D eigenvalue weighted by Gasteiger charge is 2.28. The minimum Gasteiger partial charge on any atom is -0.478 e. The summed E-state index contributed by atoms with van der Waals surface area (Å²) < 4.78 is 0. The Bertz CT molecular complexity index is 943. The SMILES string of the molecule is O=C1Nc2ccc(CCCl)cc2C1=Cc1[nH]c2c(c1C(=O)O)CCCC2. The van der Waals surface area contributed by atoms with E-state index in [2.05, 4.69) is 10.3 Å². The predicted molar refractivity (Wildman–Crippen MR) is 102 cm³/mol. The molecule has 5 nitrogen and oxygen atoms in total. The van der Waals surface area contributed by atoms with Gasteiger partial charge in [0.25, 0.3) is 5.91 Å². The van der Waals surface area contributed by atoms with Gasteiger partial charge in [-0.15, -0.1) is 11.6 Å². The first-order valence-corrected chi connectivity index (χ1v) is 9.31. The van der Waals surface area contributed by atoms with Crippen molar-refractivity contribution in [3.05, 3.63) is 51.8 Å². The fourth-order valence-corrected chi connectivity index (χ4v) is 4.06. The molecule has 1 aliphatic heterocycles. The molecule has 2 heterocycles. The number of alkyl halides is 1. The quantitative estimate of drug-likeness (QED) is 0.564. The first-order chi connectivity index (χ1) is 12.6. The van der Waals surface area contributed by atoms with Gasteiger partial charge in [0.15, 0.2) is 0 Å². The molecule has 1 aromatic carbocycles. The predicted octanol–water partition coefficient (Wildman–Crippen LogP) is 3.87. The van der Waals surface area contributed by atoms with Crippen molar-refractivity contribution in [2.24, 2.45) is 0 Å². The number of halogens is 1. The van der Waals surface area contributed by atoms with Gasteiger partial charge in [-0.25, -0.2) is 4.79 Å². The van der Waals surface area contributed by atoms with Crippen molar-refractivity contribution in [3.63, 3.8) is 0 Å². The van der Waals surface area contributed by atoms with Gasteiger partial charge in [-0.1, -0.05) is 6.07 Å². The van der Waals surface area contributed by atoms with E-state index < -0.39 is 5.97 Å². The Morgan fingerprint density at radius 1 is 1.27 bits per heavy atom. The molecule has 0 atom stereocenters. The van der Waals surface area contributed by atoms with E-state index in [0.29, 0.717) is 29.1 Å². The number of hydrogen-bond donors (Lipinski definition) is 3. The summed E-state index contributed by atoms with van der Waals surface area (Å²) in [5, 5.41) is 12.5. The highest BCUT2D eigenvalue weighted by atomic mass is 35.5. The Morgan fingerprint density at radius 2 is 2.08 bits per heavy atom. The number of carboxylic acid groups (broad SMARTS) is 1. The van der Waals surface area contributed by atoms with Crippen LogP contribution >= 0.6 is 11.6 Å². The summed E-state index contributed by atoms with van der Waals surface area (Å²) in [6.45, 7) is 0. The van der Waals surface area contributed by atoms with Crippen LogP contribution in [0.5, 0.6) is 0 Å². The molecule has 0 spiro atoms. The summed E-state index contributed by atoms with van der Waals surface area (Å²) in [7, 11) is 0. The van der Waals surface area contributed by atoms with Crippen molar-refractivity contribution >= 4 is 40.8 Å². The first-order valence-electron chi connectivity index (χ1n) is 8.78. The number of aryl methyl sites for hydroxylation is 2. The van der Waals surface area contributed by atoms with Gasteiger partial charge in [0, 0.05) is 22.8 Å². The summed E-state index contributed by atoms with van der Waals surface area (Å²) in [4.78, 5) is 27.5. The zero-order chi connectivity index (χ0) is 18.3. The molecule has 2 aromatic rings. The number of H-pyrrole nitrogens is 1. The maximum Gasteiger partial charge on any atom is 0.338 e. The number of benzene rings is 1. The van der Waals surface area contributed by atoms with Crippen LogP contribution in [0.15, 0.2) is 18.2 Å². The third-order valence-corrected chi connectivity index (χ3v) is 5.27. The number of aromatic nitrogens is 1. The second kappa shape index (κ2) is 6.65. The molecule has 26 heavy (non-hydrogen) atoms. The molecule has 0 bridgehead atoms. The molecule has 0 fully saturated rings. The summed E-state index contributed by atoms with van der Waals surface area (Å²) in [5.74, 6) is -0.663. The molecule has 0 saturated carbocycles. The molecular weight excluding hydrogens is 352 g/mol. The van der Waals surface area contributed by atoms with Gasteiger partial charge in [-0.2, -0.15) is 0 Å². The van der Waals surface area contributed by atoms with E-state index in [1.807, 2.05) is 18.2 Å². The van der Waals surface area contributed by atoms with E-state index in [4.69, 9.17) is 11.6 Å². The lowest BCUT2D eigenvalue weighted by atomic mass is 9.94. The lowest BCUT2D eigenvalue weighted by Gasteiger charge is -2.10. The average molecular weight is 371 g/mol. The summed E-state index contributed by atoms with van der Waals surface area (Å²) >= 11 is 5.83. The summed E-state index contributed by atoms with van der Waals surface area (Å²) in [6, 6.07) is 5.76. The molecule has 1 amide bonds. The minimum atomic E-state index is -0.953. The zero-order valence-electron chi connectivity index (χ0n) is 14.2. The van der Waals surface area contributed by atoms with Crippen LogP contribution in [-0.2, 0) is 24.1 Å². The van der Waals surface area contributed by atoms with Crippen molar-refractivity contribution < 1.29 is 14.7 Å². The largest absolute Gasteiger partial charge is 0.478 e. The second-order valence-electron chi connectivity index (χ2n) is 6.71. The van der Waals surface area contributed by atoms with E-state index in [0.717, 1.165) is 53.8 Å². The number of amides is 1. The van der Waals surface area contributed by atoms with Gasteiger partial charge in [-0.05, 0) is 61.4 Å². The molecule has 134 valence electrons. The van der Waals surface area contributed by atoms with Crippen LogP contribution in [0.4, 0.5) is 5.69 Å². The van der Waals surface area contributed by atoms with Crippen LogP contribution in [-0.4, -0.2) is 27.8 Å². The third kappa shape index (κ3) is 2.82. The van der Waals surface area contributed by atoms with Gasteiger partial charge in [0.1, 0.15) is 0 Å². The lowest BCUT2D eigenvalue weighted by Crippen LogP contribution is -2.07. The first kappa shape index (κ1) is 16.9. The number of carbonyl (C=O) groups excluding carboxylic acids is 1. The second-order valence-corrected chi connectivity index (χ2v) is 7.09. The Kier molecular flexibility index (Phi) is 4.32. The van der Waals surface area contributed by atoms with Crippen molar-refractivity contribution in [3.8, 4) is 0 Å². The smallest absolute Gasteiger partial charge is 0.338 e. The van der Waals surface area contributed by atoms with Crippen molar-refractivity contribution in [2.75, 3.05) is 11.2 Å². The molecule has 3 N–H and O–H groups in total. The van der Waals surface area contributed by atoms with E-state index in [1.165, 1.54) is 0 Å². The lowest BCUT2D eigenvalue weighted by molar-refractivity contribution is -0.110. The van der Waals surface area contributed by atoms with Gasteiger partial charge in [0.05, 0.1) is 16.8 Å². The fourth-order valence-electron chi connectivity index (χ4n) is 3.85. The Morgan fingerprint density at radius 3 is 2.85 bits per heavy atom. The number of aromatic amines is 1. The maximum atomic E-state index is 12.5. The zero-order valence-corrected chi connectivity index (χ0v) is 14.9. The Labute approximate surface area is 156 Å². The molecule has 2 aliphatic rings. The normalized spacial score (nSPS) is 17.1. The minimum absolute atomic E-state index is 0.216. The van der Waals surface area contributed by atoms with E-state index >= 15 is 0 Å². The maximum absolute atomic E-state index is 12.5. The van der Waals surface area contributed by atoms with Gasteiger partial charge in [-0.3, -0.25) is 4.79 Å². The van der Waals surface area contributed by atoms with E-state index in [-0.39, 0.29) is 5.91 Å². The number of nitrogens with one attached hydrogen (secondary N) is 2. The van der Waals surface area contributed by atoms with Crippen LogP contribution in [0.25, 0.3) is 11.6 Å². The number of fused-ring (bicyclic) bond motifs is 2. The molecular formula is C20H19ClN2O3. The number of anilines is 1. The molecule has 4 rings (SSSR count). The average Bonchev–Trinajstić information content (AvgIpc) is 3.13. The van der Waals surface area contributed by atoms with Gasteiger partial charge in [0.2, 0.25) is 0 Å². The highest BCUT2D eigenvalue weighted by molar-refractivity contribution is 6.35. The third-order valence-electron chi connectivity index (χ3n) is 5.08. The van der Waals surface area contributed by atoms with Crippen molar-refractivity contribution in [2.45, 2.75) is 32.1 Å². The number of carboxylic acids is 1. The number of rotatable bonds is 4. The van der Waals surface area contributed by atoms with Crippen LogP contribution in [0, 0.1) is 0 Å². The Hall–Kier alpha value is -2.53. The molecule has 0 unspecified atom stereocenters. The standard InChI is InChI=1S/C20H19ClN2O3/c21-8-7-11-5-6-16-13(9-11)14(19(24)23-16)10-17-18(20(25)26)12-3-1-2-4-15(12)22-17/h5-6,9-10,22H,1-4,7-8H2,(H,23,24)(H,25,26). The molecule has 1 aromatic heterocycles. The van der Waals surface area contributed by atoms with Crippen LogP contribution < -0.4 is 5.32 Å². The molecule has 0 saturated heterocycles. The monoisotopic (exact) mass is 370 g/mol. The van der Waals surface area contributed by atoms with Crippen LogP contribution in [0.2, 0.25) is 0 Å². The summed E-state index contributed by atoms with van der Waals surface area (Å²) in [6.07, 6.45) is 6.04. The van der Waals surface area contributed by atoms with Crippen molar-refractivity contribution in [1.82, 2.24) is 4.98 Å². The molecule has 1 aliphatic carbocycles.